The van der Waals surface area contributed by atoms with E-state index in [-0.39, 0.29) is 5.91 Å². The number of imidazole rings is 1. The van der Waals surface area contributed by atoms with Crippen LogP contribution in [0.4, 0.5) is 0 Å². The summed E-state index contributed by atoms with van der Waals surface area (Å²) in [6.07, 6.45) is 4.69. The molecule has 0 atom stereocenters. The van der Waals surface area contributed by atoms with Crippen LogP contribution in [0.25, 0.3) is 5.65 Å². The number of fused-ring (bicyclic) bond motifs is 1. The maximum absolute atomic E-state index is 12.2. The minimum Gasteiger partial charge on any atom is -0.351 e. The van der Waals surface area contributed by atoms with Gasteiger partial charge in [-0.15, -0.1) is 0 Å². The molecule has 0 bridgehead atoms. The van der Waals surface area contributed by atoms with E-state index in [1.165, 1.54) is 0 Å². The highest BCUT2D eigenvalue weighted by molar-refractivity contribution is 5.92. The first kappa shape index (κ1) is 16.0. The Morgan fingerprint density at radius 3 is 2.87 bits per heavy atom. The summed E-state index contributed by atoms with van der Waals surface area (Å²) >= 11 is 0. The lowest BCUT2D eigenvalue weighted by Crippen LogP contribution is -2.45. The fraction of sp³-hybridized carbons (Fsp3) is 0.529. The van der Waals surface area contributed by atoms with Crippen molar-refractivity contribution in [3.63, 3.8) is 0 Å². The molecule has 0 spiro atoms. The Bertz CT molecular complexity index is 673. The van der Waals surface area contributed by atoms with Crippen molar-refractivity contribution >= 4 is 11.6 Å². The number of aryl methyl sites for hydroxylation is 1. The van der Waals surface area contributed by atoms with Crippen molar-refractivity contribution in [1.82, 2.24) is 24.5 Å². The van der Waals surface area contributed by atoms with E-state index in [1.54, 1.807) is 6.20 Å². The Hall–Kier alpha value is -1.92. The topological polar surface area (TPSA) is 52.9 Å². The third-order valence-electron chi connectivity index (χ3n) is 4.38. The van der Waals surface area contributed by atoms with Crippen LogP contribution < -0.4 is 5.32 Å². The third kappa shape index (κ3) is 4.09. The first-order chi connectivity index (χ1) is 11.1. The number of carbonyl (C=O) groups excluding carboxylic acids is 1. The maximum atomic E-state index is 12.2. The quantitative estimate of drug-likeness (QED) is 0.837. The number of nitrogens with one attached hydrogen (secondary N) is 1. The molecule has 1 N–H and O–H groups in total. The zero-order chi connectivity index (χ0) is 16.2. The van der Waals surface area contributed by atoms with Crippen molar-refractivity contribution in [2.45, 2.75) is 13.3 Å². The van der Waals surface area contributed by atoms with E-state index >= 15 is 0 Å². The van der Waals surface area contributed by atoms with Gasteiger partial charge in [-0.2, -0.15) is 0 Å². The van der Waals surface area contributed by atoms with Crippen molar-refractivity contribution in [2.24, 2.45) is 0 Å². The van der Waals surface area contributed by atoms with Gasteiger partial charge in [0.2, 0.25) is 0 Å². The van der Waals surface area contributed by atoms with Gasteiger partial charge in [-0.3, -0.25) is 4.79 Å². The minimum absolute atomic E-state index is 0.0928. The summed E-state index contributed by atoms with van der Waals surface area (Å²) in [6.45, 7) is 8.26. The summed E-state index contributed by atoms with van der Waals surface area (Å²) in [5.41, 5.74) is 2.44. The number of carbonyl (C=O) groups is 1. The van der Waals surface area contributed by atoms with Crippen molar-refractivity contribution in [3.8, 4) is 0 Å². The molecule has 6 nitrogen and oxygen atoms in total. The van der Waals surface area contributed by atoms with Gasteiger partial charge in [0, 0.05) is 45.1 Å². The highest BCUT2D eigenvalue weighted by Crippen LogP contribution is 2.07. The summed E-state index contributed by atoms with van der Waals surface area (Å²) in [4.78, 5) is 21.4. The second-order valence-corrected chi connectivity index (χ2v) is 6.35. The zero-order valence-electron chi connectivity index (χ0n) is 14.0. The Morgan fingerprint density at radius 1 is 1.30 bits per heavy atom. The summed E-state index contributed by atoms with van der Waals surface area (Å²) in [7, 11) is 2.16. The molecule has 3 rings (SSSR count). The van der Waals surface area contributed by atoms with Gasteiger partial charge in [0.25, 0.3) is 5.91 Å². The summed E-state index contributed by atoms with van der Waals surface area (Å²) in [5, 5.41) is 2.97. The Kier molecular flexibility index (Phi) is 4.93. The number of hydrogen-bond acceptors (Lipinski definition) is 4. The number of amides is 1. The van der Waals surface area contributed by atoms with Crippen LogP contribution in [0.15, 0.2) is 24.5 Å². The van der Waals surface area contributed by atoms with Crippen molar-refractivity contribution in [1.29, 1.82) is 0 Å². The van der Waals surface area contributed by atoms with Gasteiger partial charge in [0.1, 0.15) is 11.3 Å². The van der Waals surface area contributed by atoms with E-state index in [2.05, 4.69) is 27.1 Å². The molecule has 2 aromatic heterocycles. The van der Waals surface area contributed by atoms with E-state index in [0.717, 1.165) is 50.4 Å². The van der Waals surface area contributed by atoms with Gasteiger partial charge in [-0.25, -0.2) is 4.98 Å². The third-order valence-corrected chi connectivity index (χ3v) is 4.38. The molecule has 0 aliphatic carbocycles. The molecule has 1 aliphatic rings. The summed E-state index contributed by atoms with van der Waals surface area (Å²) in [5.74, 6) is -0.0928. The smallest absolute Gasteiger partial charge is 0.271 e. The molecule has 0 unspecified atom stereocenters. The number of pyridine rings is 1. The molecule has 124 valence electrons. The van der Waals surface area contributed by atoms with Crippen LogP contribution in [-0.4, -0.2) is 71.4 Å². The first-order valence-corrected chi connectivity index (χ1v) is 8.26. The monoisotopic (exact) mass is 315 g/mol. The van der Waals surface area contributed by atoms with E-state index in [1.807, 2.05) is 29.7 Å². The van der Waals surface area contributed by atoms with E-state index in [9.17, 15) is 4.79 Å². The van der Waals surface area contributed by atoms with Crippen molar-refractivity contribution in [3.05, 3.63) is 35.8 Å². The second-order valence-electron chi connectivity index (χ2n) is 6.35. The molecule has 1 fully saturated rings. The van der Waals surface area contributed by atoms with E-state index < -0.39 is 0 Å². The first-order valence-electron chi connectivity index (χ1n) is 8.26. The van der Waals surface area contributed by atoms with Crippen LogP contribution in [0.2, 0.25) is 0 Å². The van der Waals surface area contributed by atoms with Gasteiger partial charge in [0.05, 0.1) is 0 Å². The molecule has 0 aromatic carbocycles. The fourth-order valence-electron chi connectivity index (χ4n) is 2.86. The Morgan fingerprint density at radius 2 is 2.09 bits per heavy atom. The van der Waals surface area contributed by atoms with Gasteiger partial charge in [0.15, 0.2) is 0 Å². The lowest BCUT2D eigenvalue weighted by molar-refractivity contribution is 0.0945. The molecular formula is C17H25N5O. The number of piperazine rings is 1. The average Bonchev–Trinajstić information content (AvgIpc) is 2.96. The van der Waals surface area contributed by atoms with E-state index in [4.69, 9.17) is 0 Å². The van der Waals surface area contributed by atoms with Gasteiger partial charge in [-0.05, 0) is 44.6 Å². The van der Waals surface area contributed by atoms with Crippen LogP contribution in [0.3, 0.4) is 0 Å². The lowest BCUT2D eigenvalue weighted by atomic mass is 10.3. The standard InChI is InChI=1S/C17H25N5O/c1-14-4-7-22-13-15(19-16(22)12-14)17(23)18-5-3-6-21-10-8-20(2)9-11-21/h4,7,12-13H,3,5-6,8-11H2,1-2H3,(H,18,23). The van der Waals surface area contributed by atoms with Gasteiger partial charge >= 0.3 is 0 Å². The minimum atomic E-state index is -0.0928. The maximum Gasteiger partial charge on any atom is 0.271 e. The van der Waals surface area contributed by atoms with Crippen molar-refractivity contribution < 1.29 is 4.79 Å². The number of aromatic nitrogens is 2. The number of likely N-dealkylation sites (N-methyl/N-ethyl adjacent to an activating group) is 1. The molecule has 6 heteroatoms. The predicted molar refractivity (Wildman–Crippen MR) is 90.8 cm³/mol. The predicted octanol–water partition coefficient (Wildman–Crippen LogP) is 1.01. The normalized spacial score (nSPS) is 16.8. The van der Waals surface area contributed by atoms with Crippen LogP contribution >= 0.6 is 0 Å². The molecular weight excluding hydrogens is 290 g/mol. The lowest BCUT2D eigenvalue weighted by Gasteiger charge is -2.32. The van der Waals surface area contributed by atoms with E-state index in [0.29, 0.717) is 12.2 Å². The molecule has 23 heavy (non-hydrogen) atoms. The Labute approximate surface area is 137 Å². The molecule has 1 aliphatic heterocycles. The second kappa shape index (κ2) is 7.10. The summed E-state index contributed by atoms with van der Waals surface area (Å²) in [6, 6.07) is 3.98. The zero-order valence-corrected chi connectivity index (χ0v) is 14.0. The highest BCUT2D eigenvalue weighted by atomic mass is 16.1. The largest absolute Gasteiger partial charge is 0.351 e. The molecule has 2 aromatic rings. The van der Waals surface area contributed by atoms with Gasteiger partial charge < -0.3 is 19.5 Å². The van der Waals surface area contributed by atoms with Crippen LogP contribution in [0.5, 0.6) is 0 Å². The molecule has 1 saturated heterocycles. The van der Waals surface area contributed by atoms with Gasteiger partial charge in [-0.1, -0.05) is 0 Å². The molecule has 0 radical (unpaired) electrons. The highest BCUT2D eigenvalue weighted by Gasteiger charge is 2.14. The Balaban J connectivity index is 1.45. The fourth-order valence-corrected chi connectivity index (χ4v) is 2.86. The molecule has 0 saturated carbocycles. The number of rotatable bonds is 5. The SMILES string of the molecule is Cc1ccn2cc(C(=O)NCCCN3CCN(C)CC3)nc2c1. The van der Waals surface area contributed by atoms with Crippen molar-refractivity contribution in [2.75, 3.05) is 46.3 Å². The van der Waals surface area contributed by atoms with Crippen LogP contribution in [0, 0.1) is 6.92 Å². The number of hydrogen-bond donors (Lipinski definition) is 1. The van der Waals surface area contributed by atoms with Crippen LogP contribution in [-0.2, 0) is 0 Å². The summed E-state index contributed by atoms with van der Waals surface area (Å²) < 4.78 is 1.88. The average molecular weight is 315 g/mol. The number of nitrogens with zero attached hydrogens (tertiary/aromatic N) is 4. The molecule has 1 amide bonds. The molecule has 3 heterocycles. The van der Waals surface area contributed by atoms with Crippen LogP contribution in [0.1, 0.15) is 22.5 Å².